The molecule has 3 N–H and O–H groups in total. The van der Waals surface area contributed by atoms with Gasteiger partial charge in [0, 0.05) is 18.5 Å². The van der Waals surface area contributed by atoms with Gasteiger partial charge < -0.3 is 15.5 Å². The Hall–Kier alpha value is -2.14. The molecular formula is C13H14N2O3. The van der Waals surface area contributed by atoms with Crippen LogP contribution in [-0.4, -0.2) is 34.3 Å². The monoisotopic (exact) mass is 246 g/mol. The normalized spacial score (nSPS) is 10.5. The quantitative estimate of drug-likeness (QED) is 0.700. The highest BCUT2D eigenvalue weighted by Crippen LogP contribution is 2.19. The van der Waals surface area contributed by atoms with Gasteiger partial charge in [-0.3, -0.25) is 0 Å². The fourth-order valence-corrected chi connectivity index (χ4v) is 1.74. The summed E-state index contributed by atoms with van der Waals surface area (Å²) >= 11 is 0. The minimum Gasteiger partial charge on any atom is -0.478 e. The van der Waals surface area contributed by atoms with E-state index in [1.165, 1.54) is 0 Å². The Kier molecular flexibility index (Phi) is 3.74. The van der Waals surface area contributed by atoms with Crippen LogP contribution in [0.3, 0.4) is 0 Å². The van der Waals surface area contributed by atoms with Crippen molar-refractivity contribution < 1.29 is 15.0 Å². The molecule has 0 radical (unpaired) electrons. The van der Waals surface area contributed by atoms with Gasteiger partial charge in [0.05, 0.1) is 11.1 Å². The third-order valence-corrected chi connectivity index (χ3v) is 2.60. The Bertz CT molecular complexity index is 569. The third-order valence-electron chi connectivity index (χ3n) is 2.60. The molecule has 0 spiro atoms. The number of fused-ring (bicyclic) bond motifs is 1. The molecule has 0 aliphatic rings. The van der Waals surface area contributed by atoms with E-state index in [0.29, 0.717) is 29.7 Å². The number of benzene rings is 1. The topological polar surface area (TPSA) is 82.5 Å². The lowest BCUT2D eigenvalue weighted by atomic mass is 10.1. The summed E-state index contributed by atoms with van der Waals surface area (Å²) in [6, 6.07) is 8.50. The molecule has 1 aromatic carbocycles. The number of aromatic nitrogens is 1. The standard InChI is InChI=1S/C13H14N2O3/c16-8-2-7-14-12-6-5-9-10(13(17)18)3-1-4-11(9)15-12/h1,3-6,16H,2,7-8H2,(H,14,15)(H,17,18). The predicted molar refractivity (Wildman–Crippen MR) is 68.9 cm³/mol. The number of carboxylic acid groups (broad SMARTS) is 1. The Morgan fingerprint density at radius 2 is 2.11 bits per heavy atom. The van der Waals surface area contributed by atoms with Crippen molar-refractivity contribution in [3.63, 3.8) is 0 Å². The molecule has 0 aliphatic carbocycles. The van der Waals surface area contributed by atoms with Crippen LogP contribution < -0.4 is 5.32 Å². The zero-order chi connectivity index (χ0) is 13.0. The van der Waals surface area contributed by atoms with E-state index in [-0.39, 0.29) is 12.2 Å². The molecular weight excluding hydrogens is 232 g/mol. The first-order valence-corrected chi connectivity index (χ1v) is 5.70. The van der Waals surface area contributed by atoms with Gasteiger partial charge in [0.15, 0.2) is 0 Å². The van der Waals surface area contributed by atoms with E-state index in [4.69, 9.17) is 10.2 Å². The number of anilines is 1. The lowest BCUT2D eigenvalue weighted by Gasteiger charge is -2.07. The number of hydrogen-bond donors (Lipinski definition) is 3. The highest BCUT2D eigenvalue weighted by atomic mass is 16.4. The summed E-state index contributed by atoms with van der Waals surface area (Å²) in [5.41, 5.74) is 0.894. The van der Waals surface area contributed by atoms with Gasteiger partial charge in [-0.2, -0.15) is 0 Å². The average Bonchev–Trinajstić information content (AvgIpc) is 2.38. The van der Waals surface area contributed by atoms with E-state index in [2.05, 4.69) is 10.3 Å². The van der Waals surface area contributed by atoms with Crippen LogP contribution in [-0.2, 0) is 0 Å². The van der Waals surface area contributed by atoms with E-state index in [1.54, 1.807) is 30.3 Å². The summed E-state index contributed by atoms with van der Waals surface area (Å²) in [4.78, 5) is 15.4. The summed E-state index contributed by atoms with van der Waals surface area (Å²) in [6.45, 7) is 0.761. The molecule has 0 fully saturated rings. The fraction of sp³-hybridized carbons (Fsp3) is 0.231. The molecule has 0 aliphatic heterocycles. The molecule has 0 atom stereocenters. The minimum absolute atomic E-state index is 0.129. The maximum absolute atomic E-state index is 11.0. The van der Waals surface area contributed by atoms with Gasteiger partial charge in [-0.1, -0.05) is 6.07 Å². The SMILES string of the molecule is O=C(O)c1cccc2nc(NCCCO)ccc12. The molecule has 0 bridgehead atoms. The van der Waals surface area contributed by atoms with Crippen LogP contribution in [0, 0.1) is 0 Å². The highest BCUT2D eigenvalue weighted by Gasteiger charge is 2.08. The second-order valence-corrected chi connectivity index (χ2v) is 3.88. The predicted octanol–water partition coefficient (Wildman–Crippen LogP) is 1.73. The van der Waals surface area contributed by atoms with Crippen LogP contribution in [0.15, 0.2) is 30.3 Å². The van der Waals surface area contributed by atoms with Crippen LogP contribution in [0.4, 0.5) is 5.82 Å². The first kappa shape index (κ1) is 12.3. The zero-order valence-corrected chi connectivity index (χ0v) is 9.76. The number of rotatable bonds is 5. The molecule has 5 heteroatoms. The van der Waals surface area contributed by atoms with Crippen LogP contribution in [0.5, 0.6) is 0 Å². The molecule has 2 rings (SSSR count). The van der Waals surface area contributed by atoms with Crippen LogP contribution >= 0.6 is 0 Å². The Morgan fingerprint density at radius 1 is 1.28 bits per heavy atom. The van der Waals surface area contributed by atoms with Crippen molar-refractivity contribution >= 4 is 22.7 Å². The molecule has 0 saturated heterocycles. The van der Waals surface area contributed by atoms with E-state index < -0.39 is 5.97 Å². The van der Waals surface area contributed by atoms with Gasteiger partial charge >= 0.3 is 5.97 Å². The number of carbonyl (C=O) groups is 1. The third kappa shape index (κ3) is 2.57. The maximum Gasteiger partial charge on any atom is 0.336 e. The Labute approximate surface area is 104 Å². The van der Waals surface area contributed by atoms with Crippen molar-refractivity contribution in [3.05, 3.63) is 35.9 Å². The number of aliphatic hydroxyl groups excluding tert-OH is 1. The van der Waals surface area contributed by atoms with E-state index in [9.17, 15) is 4.79 Å². The number of carboxylic acids is 1. The second-order valence-electron chi connectivity index (χ2n) is 3.88. The van der Waals surface area contributed by atoms with Crippen molar-refractivity contribution in [1.82, 2.24) is 4.98 Å². The van der Waals surface area contributed by atoms with Crippen LogP contribution in [0.1, 0.15) is 16.8 Å². The van der Waals surface area contributed by atoms with Crippen molar-refractivity contribution in [2.24, 2.45) is 0 Å². The van der Waals surface area contributed by atoms with Crippen molar-refractivity contribution in [2.75, 3.05) is 18.5 Å². The van der Waals surface area contributed by atoms with Crippen molar-refractivity contribution in [1.29, 1.82) is 0 Å². The van der Waals surface area contributed by atoms with Crippen LogP contribution in [0.2, 0.25) is 0 Å². The fourth-order valence-electron chi connectivity index (χ4n) is 1.74. The molecule has 0 amide bonds. The van der Waals surface area contributed by atoms with Crippen molar-refractivity contribution in [2.45, 2.75) is 6.42 Å². The number of nitrogens with one attached hydrogen (secondary N) is 1. The van der Waals surface area contributed by atoms with E-state index >= 15 is 0 Å². The number of nitrogens with zero attached hydrogens (tertiary/aromatic N) is 1. The largest absolute Gasteiger partial charge is 0.478 e. The Morgan fingerprint density at radius 3 is 2.83 bits per heavy atom. The van der Waals surface area contributed by atoms with Gasteiger partial charge in [-0.15, -0.1) is 0 Å². The summed E-state index contributed by atoms with van der Waals surface area (Å²) in [6.07, 6.45) is 0.648. The molecule has 94 valence electrons. The first-order valence-electron chi connectivity index (χ1n) is 5.70. The molecule has 1 heterocycles. The average molecular weight is 246 g/mol. The summed E-state index contributed by atoms with van der Waals surface area (Å²) < 4.78 is 0. The van der Waals surface area contributed by atoms with Gasteiger partial charge in [-0.05, 0) is 30.7 Å². The number of hydrogen-bond acceptors (Lipinski definition) is 4. The lowest BCUT2D eigenvalue weighted by molar-refractivity contribution is 0.0699. The van der Waals surface area contributed by atoms with Crippen molar-refractivity contribution in [3.8, 4) is 0 Å². The summed E-state index contributed by atoms with van der Waals surface area (Å²) in [7, 11) is 0. The van der Waals surface area contributed by atoms with E-state index in [1.807, 2.05) is 0 Å². The Balaban J connectivity index is 2.32. The van der Waals surface area contributed by atoms with E-state index in [0.717, 1.165) is 0 Å². The van der Waals surface area contributed by atoms with Gasteiger partial charge in [0.2, 0.25) is 0 Å². The number of aromatic carboxylic acids is 1. The smallest absolute Gasteiger partial charge is 0.336 e. The second kappa shape index (κ2) is 5.46. The maximum atomic E-state index is 11.0. The number of pyridine rings is 1. The van der Waals surface area contributed by atoms with Gasteiger partial charge in [0.25, 0.3) is 0 Å². The molecule has 1 aromatic heterocycles. The molecule has 5 nitrogen and oxygen atoms in total. The van der Waals surface area contributed by atoms with Crippen LogP contribution in [0.25, 0.3) is 10.9 Å². The zero-order valence-electron chi connectivity index (χ0n) is 9.76. The number of aliphatic hydroxyl groups is 1. The first-order chi connectivity index (χ1) is 8.72. The molecule has 0 unspecified atom stereocenters. The molecule has 18 heavy (non-hydrogen) atoms. The summed E-state index contributed by atoms with van der Waals surface area (Å²) in [5, 5.41) is 21.4. The van der Waals surface area contributed by atoms with Gasteiger partial charge in [-0.25, -0.2) is 9.78 Å². The minimum atomic E-state index is -0.955. The molecule has 2 aromatic rings. The van der Waals surface area contributed by atoms with Gasteiger partial charge in [0.1, 0.15) is 5.82 Å². The lowest BCUT2D eigenvalue weighted by Crippen LogP contribution is -2.05. The highest BCUT2D eigenvalue weighted by molar-refractivity contribution is 6.02. The molecule has 0 saturated carbocycles. The summed E-state index contributed by atoms with van der Waals surface area (Å²) in [5.74, 6) is -0.276.